The molecule has 1 aromatic rings. The number of nitrogens with one attached hydrogen (secondary N) is 1. The van der Waals surface area contributed by atoms with Crippen LogP contribution in [-0.4, -0.2) is 54.0 Å². The van der Waals surface area contributed by atoms with E-state index in [1.165, 1.54) is 12.1 Å². The largest absolute Gasteiger partial charge is 0.341 e. The second kappa shape index (κ2) is 6.56. The summed E-state index contributed by atoms with van der Waals surface area (Å²) in [6.07, 6.45) is 1.65. The molecule has 0 radical (unpaired) electrons. The van der Waals surface area contributed by atoms with Crippen molar-refractivity contribution in [3.8, 4) is 0 Å². The molecule has 1 aromatic carbocycles. The van der Waals surface area contributed by atoms with Crippen LogP contribution < -0.4 is 5.32 Å². The molecule has 1 saturated carbocycles. The predicted molar refractivity (Wildman–Crippen MR) is 84.5 cm³/mol. The minimum absolute atomic E-state index is 0.0561. The Kier molecular flexibility index (Phi) is 4.50. The Bertz CT molecular complexity index is 607. The van der Waals surface area contributed by atoms with E-state index in [2.05, 4.69) is 5.32 Å². The Labute approximate surface area is 135 Å². The fourth-order valence-corrected chi connectivity index (χ4v) is 3.15. The lowest BCUT2D eigenvalue weighted by atomic mass is 10.1. The average Bonchev–Trinajstić information content (AvgIpc) is 3.29. The van der Waals surface area contributed by atoms with E-state index < -0.39 is 0 Å². The quantitative estimate of drug-likeness (QED) is 0.906. The first-order chi connectivity index (χ1) is 11.0. The van der Waals surface area contributed by atoms with Crippen molar-refractivity contribution in [2.24, 2.45) is 0 Å². The van der Waals surface area contributed by atoms with Crippen molar-refractivity contribution >= 4 is 11.9 Å². The van der Waals surface area contributed by atoms with E-state index in [0.717, 1.165) is 18.4 Å². The third-order valence-corrected chi connectivity index (χ3v) is 4.60. The molecule has 124 valence electrons. The van der Waals surface area contributed by atoms with Gasteiger partial charge in [0.2, 0.25) is 5.91 Å². The number of amides is 3. The number of carbonyl (C=O) groups excluding carboxylic acids is 2. The van der Waals surface area contributed by atoms with Gasteiger partial charge in [-0.15, -0.1) is 0 Å². The summed E-state index contributed by atoms with van der Waals surface area (Å²) in [5.41, 5.74) is 0.939. The van der Waals surface area contributed by atoms with E-state index in [9.17, 15) is 14.0 Å². The summed E-state index contributed by atoms with van der Waals surface area (Å²) >= 11 is 0. The molecule has 0 bridgehead atoms. The van der Waals surface area contributed by atoms with Gasteiger partial charge >= 0.3 is 6.03 Å². The van der Waals surface area contributed by atoms with Crippen LogP contribution in [0.5, 0.6) is 0 Å². The number of carbonyl (C=O) groups is 2. The lowest BCUT2D eigenvalue weighted by Crippen LogP contribution is -2.43. The maximum atomic E-state index is 13.3. The van der Waals surface area contributed by atoms with E-state index >= 15 is 0 Å². The highest BCUT2D eigenvalue weighted by atomic mass is 19.1. The maximum Gasteiger partial charge on any atom is 0.317 e. The summed E-state index contributed by atoms with van der Waals surface area (Å²) in [5.74, 6) is 0.0206. The first kappa shape index (κ1) is 15.8. The lowest BCUT2D eigenvalue weighted by Gasteiger charge is -2.22. The van der Waals surface area contributed by atoms with Gasteiger partial charge in [-0.2, -0.15) is 0 Å². The Balaban J connectivity index is 1.51. The average molecular weight is 319 g/mol. The van der Waals surface area contributed by atoms with Crippen molar-refractivity contribution in [2.45, 2.75) is 31.7 Å². The van der Waals surface area contributed by atoms with Gasteiger partial charge < -0.3 is 15.1 Å². The molecule has 1 N–H and O–H groups in total. The first-order valence-corrected chi connectivity index (χ1v) is 8.11. The fraction of sp³-hybridized carbons (Fsp3) is 0.529. The predicted octanol–water partition coefficient (Wildman–Crippen LogP) is 1.95. The Morgan fingerprint density at radius 3 is 2.65 bits per heavy atom. The van der Waals surface area contributed by atoms with Gasteiger partial charge in [0.15, 0.2) is 0 Å². The van der Waals surface area contributed by atoms with Crippen LogP contribution in [0.4, 0.5) is 9.18 Å². The zero-order valence-electron chi connectivity index (χ0n) is 13.3. The number of urea groups is 1. The molecule has 3 rings (SSSR count). The van der Waals surface area contributed by atoms with Gasteiger partial charge in [-0.25, -0.2) is 9.18 Å². The molecule has 3 amide bonds. The zero-order chi connectivity index (χ0) is 16.4. The van der Waals surface area contributed by atoms with Crippen LogP contribution in [0.15, 0.2) is 24.3 Å². The van der Waals surface area contributed by atoms with Crippen molar-refractivity contribution in [3.63, 3.8) is 0 Å². The summed E-state index contributed by atoms with van der Waals surface area (Å²) < 4.78 is 13.3. The molecule has 2 aliphatic rings. The van der Waals surface area contributed by atoms with Crippen LogP contribution in [0.25, 0.3) is 0 Å². The number of hydrogen-bond acceptors (Lipinski definition) is 2. The molecule has 6 heteroatoms. The molecular formula is C17H22FN3O2. The van der Waals surface area contributed by atoms with E-state index in [4.69, 9.17) is 0 Å². The van der Waals surface area contributed by atoms with Crippen molar-refractivity contribution in [3.05, 3.63) is 35.6 Å². The van der Waals surface area contributed by atoms with Crippen LogP contribution in [0.3, 0.4) is 0 Å². The van der Waals surface area contributed by atoms with Crippen LogP contribution in [-0.2, 0) is 4.79 Å². The first-order valence-electron chi connectivity index (χ1n) is 8.11. The smallest absolute Gasteiger partial charge is 0.317 e. The van der Waals surface area contributed by atoms with Crippen LogP contribution in [0.2, 0.25) is 0 Å². The minimum Gasteiger partial charge on any atom is -0.341 e. The third kappa shape index (κ3) is 3.81. The highest BCUT2D eigenvalue weighted by Crippen LogP contribution is 2.40. The molecule has 0 unspecified atom stereocenters. The van der Waals surface area contributed by atoms with Gasteiger partial charge in [-0.1, -0.05) is 12.1 Å². The van der Waals surface area contributed by atoms with Gasteiger partial charge in [0.05, 0.1) is 0 Å². The second-order valence-corrected chi connectivity index (χ2v) is 6.30. The summed E-state index contributed by atoms with van der Waals surface area (Å²) in [6, 6.07) is 6.56. The number of rotatable bonds is 2. The maximum absolute atomic E-state index is 13.3. The standard InChI is InChI=1S/C17H22FN3O2/c1-12(22)20-6-3-7-21(9-8-20)17(23)19-16-11-15(16)13-4-2-5-14(18)10-13/h2,4-5,10,15-16H,3,6-9,11H2,1H3,(H,19,23)/t15-,16-/m0/s1. The highest BCUT2D eigenvalue weighted by Gasteiger charge is 2.40. The summed E-state index contributed by atoms with van der Waals surface area (Å²) in [6.45, 7) is 4.06. The van der Waals surface area contributed by atoms with Crippen LogP contribution in [0.1, 0.15) is 31.2 Å². The molecule has 2 fully saturated rings. The zero-order valence-corrected chi connectivity index (χ0v) is 13.3. The van der Waals surface area contributed by atoms with Gasteiger partial charge in [0.25, 0.3) is 0 Å². The summed E-state index contributed by atoms with van der Waals surface area (Å²) in [4.78, 5) is 27.3. The summed E-state index contributed by atoms with van der Waals surface area (Å²) in [7, 11) is 0. The van der Waals surface area contributed by atoms with E-state index in [1.807, 2.05) is 6.07 Å². The molecule has 1 saturated heterocycles. The van der Waals surface area contributed by atoms with Gasteiger partial charge in [0.1, 0.15) is 5.82 Å². The Hall–Kier alpha value is -2.11. The molecule has 0 spiro atoms. The summed E-state index contributed by atoms with van der Waals surface area (Å²) in [5, 5.41) is 3.02. The topological polar surface area (TPSA) is 52.7 Å². The number of hydrogen-bond donors (Lipinski definition) is 1. The number of benzene rings is 1. The minimum atomic E-state index is -0.240. The van der Waals surface area contributed by atoms with Crippen molar-refractivity contribution in [1.29, 1.82) is 0 Å². The van der Waals surface area contributed by atoms with Crippen molar-refractivity contribution in [2.75, 3.05) is 26.2 Å². The number of nitrogens with zero attached hydrogens (tertiary/aromatic N) is 2. The lowest BCUT2D eigenvalue weighted by molar-refractivity contribution is -0.128. The Morgan fingerprint density at radius 1 is 1.17 bits per heavy atom. The monoisotopic (exact) mass is 319 g/mol. The van der Waals surface area contributed by atoms with Crippen molar-refractivity contribution < 1.29 is 14.0 Å². The molecule has 0 aromatic heterocycles. The van der Waals surface area contributed by atoms with E-state index in [1.54, 1.807) is 22.8 Å². The van der Waals surface area contributed by atoms with E-state index in [-0.39, 0.29) is 29.7 Å². The SMILES string of the molecule is CC(=O)N1CCCN(C(=O)N[C@H]2C[C@H]2c2cccc(F)c2)CC1. The second-order valence-electron chi connectivity index (χ2n) is 6.30. The Morgan fingerprint density at radius 2 is 1.91 bits per heavy atom. The molecule has 23 heavy (non-hydrogen) atoms. The molecule has 1 aliphatic carbocycles. The molecular weight excluding hydrogens is 297 g/mol. The van der Waals surface area contributed by atoms with Crippen molar-refractivity contribution in [1.82, 2.24) is 15.1 Å². The fourth-order valence-electron chi connectivity index (χ4n) is 3.15. The van der Waals surface area contributed by atoms with Crippen LogP contribution in [0, 0.1) is 5.82 Å². The highest BCUT2D eigenvalue weighted by molar-refractivity contribution is 5.76. The molecule has 1 aliphatic heterocycles. The number of halogens is 1. The van der Waals surface area contributed by atoms with Gasteiger partial charge in [-0.05, 0) is 30.5 Å². The van der Waals surface area contributed by atoms with E-state index in [0.29, 0.717) is 26.2 Å². The molecule has 1 heterocycles. The van der Waals surface area contributed by atoms with Crippen LogP contribution >= 0.6 is 0 Å². The van der Waals surface area contributed by atoms with Gasteiger partial charge in [0, 0.05) is 45.1 Å². The molecule has 2 atom stereocenters. The molecule has 5 nitrogen and oxygen atoms in total. The van der Waals surface area contributed by atoms with Gasteiger partial charge in [-0.3, -0.25) is 4.79 Å². The normalized spacial score (nSPS) is 24.1. The third-order valence-electron chi connectivity index (χ3n) is 4.60.